The van der Waals surface area contributed by atoms with Crippen molar-refractivity contribution in [2.45, 2.75) is 26.3 Å². The molecule has 2 rings (SSSR count). The first-order valence-electron chi connectivity index (χ1n) is 9.18. The molecule has 30 heavy (non-hydrogen) atoms. The van der Waals surface area contributed by atoms with Gasteiger partial charge in [-0.1, -0.05) is 26.0 Å². The van der Waals surface area contributed by atoms with E-state index in [0.717, 1.165) is 0 Å². The van der Waals surface area contributed by atoms with E-state index in [1.54, 1.807) is 50.2 Å². The monoisotopic (exact) mass is 412 g/mol. The van der Waals surface area contributed by atoms with Crippen LogP contribution in [0.2, 0.25) is 0 Å². The molecule has 0 aliphatic carbocycles. The summed E-state index contributed by atoms with van der Waals surface area (Å²) in [7, 11) is 0. The maximum Gasteiger partial charge on any atom is 0.343 e. The SMILES string of the molecule is CC(C)[C@H](NC(=O)Cc1ccc(OC(=O)c2ccc(N=C(N)N)cc2)cc1)C(=O)O. The van der Waals surface area contributed by atoms with E-state index in [1.165, 1.54) is 12.1 Å². The van der Waals surface area contributed by atoms with Crippen molar-refractivity contribution in [3.05, 3.63) is 59.7 Å². The summed E-state index contributed by atoms with van der Waals surface area (Å²) in [6.45, 7) is 3.44. The summed E-state index contributed by atoms with van der Waals surface area (Å²) in [5.74, 6) is -2.04. The molecular weight excluding hydrogens is 388 g/mol. The Kier molecular flexibility index (Phi) is 7.51. The number of ether oxygens (including phenoxy) is 1. The quantitative estimate of drug-likeness (QED) is 0.222. The lowest BCUT2D eigenvalue weighted by atomic mass is 10.0. The summed E-state index contributed by atoms with van der Waals surface area (Å²) in [6.07, 6.45) is 0.0109. The number of carboxylic acid groups (broad SMARTS) is 1. The Morgan fingerprint density at radius 1 is 1.03 bits per heavy atom. The molecule has 0 aromatic heterocycles. The molecule has 9 nitrogen and oxygen atoms in total. The summed E-state index contributed by atoms with van der Waals surface area (Å²) in [5, 5.41) is 11.6. The van der Waals surface area contributed by atoms with Crippen molar-refractivity contribution < 1.29 is 24.2 Å². The summed E-state index contributed by atoms with van der Waals surface area (Å²) in [5.41, 5.74) is 12.1. The first kappa shape index (κ1) is 22.4. The van der Waals surface area contributed by atoms with Gasteiger partial charge < -0.3 is 26.6 Å². The molecule has 1 amide bonds. The van der Waals surface area contributed by atoms with E-state index in [4.69, 9.17) is 21.3 Å². The number of amides is 1. The average molecular weight is 412 g/mol. The number of aliphatic imine (C=N–C) groups is 1. The second-order valence-electron chi connectivity index (χ2n) is 6.92. The Balaban J connectivity index is 1.95. The van der Waals surface area contributed by atoms with E-state index < -0.39 is 23.9 Å². The van der Waals surface area contributed by atoms with Crippen molar-refractivity contribution in [3.8, 4) is 5.75 Å². The molecule has 0 unspecified atom stereocenters. The molecule has 0 bridgehead atoms. The Morgan fingerprint density at radius 2 is 1.63 bits per heavy atom. The molecule has 0 spiro atoms. The lowest BCUT2D eigenvalue weighted by Gasteiger charge is -2.17. The van der Waals surface area contributed by atoms with Crippen LogP contribution < -0.4 is 21.5 Å². The minimum absolute atomic E-state index is 0.0109. The molecule has 2 aromatic carbocycles. The van der Waals surface area contributed by atoms with Gasteiger partial charge in [-0.05, 0) is 47.9 Å². The minimum Gasteiger partial charge on any atom is -0.480 e. The number of carbonyl (C=O) groups excluding carboxylic acids is 2. The van der Waals surface area contributed by atoms with Gasteiger partial charge in [0.15, 0.2) is 5.96 Å². The number of nitrogens with two attached hydrogens (primary N) is 2. The summed E-state index contributed by atoms with van der Waals surface area (Å²) < 4.78 is 5.31. The van der Waals surface area contributed by atoms with Gasteiger partial charge in [0.25, 0.3) is 0 Å². The van der Waals surface area contributed by atoms with E-state index in [1.807, 2.05) is 0 Å². The van der Waals surface area contributed by atoms with Crippen molar-refractivity contribution >= 4 is 29.5 Å². The highest BCUT2D eigenvalue weighted by atomic mass is 16.5. The minimum atomic E-state index is -1.08. The summed E-state index contributed by atoms with van der Waals surface area (Å²) >= 11 is 0. The van der Waals surface area contributed by atoms with Gasteiger partial charge in [0.1, 0.15) is 11.8 Å². The fraction of sp³-hybridized carbons (Fsp3) is 0.238. The number of hydrogen-bond donors (Lipinski definition) is 4. The van der Waals surface area contributed by atoms with Crippen LogP contribution in [-0.4, -0.2) is 35.0 Å². The second kappa shape index (κ2) is 10.1. The molecule has 9 heteroatoms. The highest BCUT2D eigenvalue weighted by Gasteiger charge is 2.23. The van der Waals surface area contributed by atoms with E-state index in [0.29, 0.717) is 22.6 Å². The molecule has 0 heterocycles. The van der Waals surface area contributed by atoms with Crippen molar-refractivity contribution in [1.82, 2.24) is 5.32 Å². The van der Waals surface area contributed by atoms with Gasteiger partial charge in [0.05, 0.1) is 17.7 Å². The predicted octanol–water partition coefficient (Wildman–Crippen LogP) is 1.58. The molecule has 6 N–H and O–H groups in total. The van der Waals surface area contributed by atoms with Crippen LogP contribution >= 0.6 is 0 Å². The maximum absolute atomic E-state index is 12.2. The number of benzene rings is 2. The first-order valence-corrected chi connectivity index (χ1v) is 9.18. The Hall–Kier alpha value is -3.88. The number of guanidine groups is 1. The van der Waals surface area contributed by atoms with Gasteiger partial charge >= 0.3 is 11.9 Å². The van der Waals surface area contributed by atoms with Crippen LogP contribution in [0.15, 0.2) is 53.5 Å². The normalized spacial score (nSPS) is 11.4. The van der Waals surface area contributed by atoms with Crippen LogP contribution in [0.25, 0.3) is 0 Å². The number of aliphatic carboxylic acids is 1. The molecule has 1 atom stereocenters. The largest absolute Gasteiger partial charge is 0.480 e. The number of nitrogens with zero attached hydrogens (tertiary/aromatic N) is 1. The molecule has 0 saturated carbocycles. The van der Waals surface area contributed by atoms with Gasteiger partial charge in [-0.2, -0.15) is 0 Å². The molecule has 158 valence electrons. The van der Waals surface area contributed by atoms with Crippen molar-refractivity contribution in [2.75, 3.05) is 0 Å². The van der Waals surface area contributed by atoms with Crippen molar-refractivity contribution in [3.63, 3.8) is 0 Å². The zero-order valence-corrected chi connectivity index (χ0v) is 16.7. The fourth-order valence-electron chi connectivity index (χ4n) is 2.59. The number of carbonyl (C=O) groups is 3. The number of nitrogens with one attached hydrogen (secondary N) is 1. The lowest BCUT2D eigenvalue weighted by Crippen LogP contribution is -2.44. The standard InChI is InChI=1S/C21H24N4O5/c1-12(2)18(19(27)28)25-17(26)11-13-3-9-16(10-4-13)30-20(29)14-5-7-15(8-6-14)24-21(22)23/h3-10,12,18H,11H2,1-2H3,(H,25,26)(H,27,28)(H4,22,23,24)/t18-/m0/s1. The smallest absolute Gasteiger partial charge is 0.343 e. The number of hydrogen-bond acceptors (Lipinski definition) is 5. The van der Waals surface area contributed by atoms with Crippen LogP contribution in [0, 0.1) is 5.92 Å². The average Bonchev–Trinajstić information content (AvgIpc) is 2.67. The molecule has 0 radical (unpaired) electrons. The molecule has 0 aliphatic heterocycles. The lowest BCUT2D eigenvalue weighted by molar-refractivity contribution is -0.143. The maximum atomic E-state index is 12.2. The van der Waals surface area contributed by atoms with Gasteiger partial charge in [-0.25, -0.2) is 14.6 Å². The third kappa shape index (κ3) is 6.62. The van der Waals surface area contributed by atoms with E-state index in [-0.39, 0.29) is 18.3 Å². The third-order valence-corrected chi connectivity index (χ3v) is 4.11. The first-order chi connectivity index (χ1) is 14.2. The second-order valence-corrected chi connectivity index (χ2v) is 6.92. The Bertz CT molecular complexity index is 933. The predicted molar refractivity (Wildman–Crippen MR) is 111 cm³/mol. The molecular formula is C21H24N4O5. The third-order valence-electron chi connectivity index (χ3n) is 4.11. The van der Waals surface area contributed by atoms with Gasteiger partial charge in [0, 0.05) is 0 Å². The van der Waals surface area contributed by atoms with Crippen molar-refractivity contribution in [1.29, 1.82) is 0 Å². The molecule has 0 fully saturated rings. The van der Waals surface area contributed by atoms with Crippen LogP contribution in [0.3, 0.4) is 0 Å². The van der Waals surface area contributed by atoms with E-state index in [9.17, 15) is 14.4 Å². The highest BCUT2D eigenvalue weighted by Crippen LogP contribution is 2.17. The molecule has 0 saturated heterocycles. The Labute approximate surface area is 173 Å². The van der Waals surface area contributed by atoms with Crippen molar-refractivity contribution in [2.24, 2.45) is 22.4 Å². The zero-order chi connectivity index (χ0) is 22.3. The molecule has 2 aromatic rings. The van der Waals surface area contributed by atoms with Crippen LogP contribution in [0.4, 0.5) is 5.69 Å². The van der Waals surface area contributed by atoms with Crippen LogP contribution in [0.5, 0.6) is 5.75 Å². The van der Waals surface area contributed by atoms with Gasteiger partial charge in [-0.3, -0.25) is 4.79 Å². The number of carboxylic acids is 1. The fourth-order valence-corrected chi connectivity index (χ4v) is 2.59. The molecule has 0 aliphatic rings. The van der Waals surface area contributed by atoms with Crippen LogP contribution in [0.1, 0.15) is 29.8 Å². The van der Waals surface area contributed by atoms with Gasteiger partial charge in [0.2, 0.25) is 5.91 Å². The van der Waals surface area contributed by atoms with Gasteiger partial charge in [-0.15, -0.1) is 0 Å². The zero-order valence-electron chi connectivity index (χ0n) is 16.7. The van der Waals surface area contributed by atoms with Crippen LogP contribution in [-0.2, 0) is 16.0 Å². The van der Waals surface area contributed by atoms with E-state index in [2.05, 4.69) is 10.3 Å². The van der Waals surface area contributed by atoms with E-state index >= 15 is 0 Å². The number of esters is 1. The Morgan fingerprint density at radius 3 is 2.13 bits per heavy atom. The summed E-state index contributed by atoms with van der Waals surface area (Å²) in [6, 6.07) is 11.7. The summed E-state index contributed by atoms with van der Waals surface area (Å²) in [4.78, 5) is 39.4. The topological polar surface area (TPSA) is 157 Å². The number of rotatable bonds is 8. The highest BCUT2D eigenvalue weighted by molar-refractivity contribution is 5.91.